The van der Waals surface area contributed by atoms with Crippen LogP contribution in [0.15, 0.2) is 0 Å². The van der Waals surface area contributed by atoms with Gasteiger partial charge >= 0.3 is 37.7 Å². The summed E-state index contributed by atoms with van der Waals surface area (Å²) in [5.74, 6) is -0.132. The van der Waals surface area contributed by atoms with E-state index in [0.717, 1.165) is 0 Å². The summed E-state index contributed by atoms with van der Waals surface area (Å²) >= 11 is 0. The summed E-state index contributed by atoms with van der Waals surface area (Å²) in [7, 11) is -3.67. The minimum atomic E-state index is -3.67. The molecule has 0 rings (SSSR count). The largest absolute Gasteiger partial charge is 2.00 e. The molecule has 0 radical (unpaired) electrons. The van der Waals surface area contributed by atoms with Crippen LogP contribution in [0.1, 0.15) is 16.2 Å². The van der Waals surface area contributed by atoms with Gasteiger partial charge in [-0.15, -0.1) is 0 Å². The van der Waals surface area contributed by atoms with Crippen LogP contribution in [0, 0.1) is 0 Å². The zero-order valence-corrected chi connectivity index (χ0v) is 7.82. The maximum atomic E-state index is 9.79. The predicted octanol–water partition coefficient (Wildman–Crippen LogP) is 0.128. The summed E-state index contributed by atoms with van der Waals surface area (Å²) in [6, 6.07) is 0. The molecule has 48 valence electrons. The Bertz CT molecular complexity index is 135. The third kappa shape index (κ3) is 10.2. The molecule has 3 nitrogen and oxygen atoms in total. The fourth-order valence-corrected chi connectivity index (χ4v) is 0.774. The first kappa shape index (κ1) is 11.9. The van der Waals surface area contributed by atoms with E-state index in [0.29, 0.717) is 6.42 Å². The summed E-state index contributed by atoms with van der Waals surface area (Å²) in [6.07, 6.45) is 0.471. The fourth-order valence-electron chi connectivity index (χ4n) is 0.258. The average Bonchev–Trinajstić information content (AvgIpc) is 1.30. The van der Waals surface area contributed by atoms with Gasteiger partial charge in [0.05, 0.1) is 5.75 Å². The molecule has 0 atom stereocenters. The van der Waals surface area contributed by atoms with Crippen LogP contribution < -0.4 is 0 Å². The molecule has 0 saturated heterocycles. The van der Waals surface area contributed by atoms with E-state index in [4.69, 9.17) is 4.55 Å². The fraction of sp³-hybridized carbons (Fsp3) is 1.00. The van der Waals surface area contributed by atoms with Crippen molar-refractivity contribution >= 4 is 47.9 Å². The SMILES string of the molecule is CCCS(=O)(=O)O.[Ca+2].[H-].[H-]. The van der Waals surface area contributed by atoms with E-state index in [-0.39, 0.29) is 46.3 Å². The minimum absolute atomic E-state index is 0. The Morgan fingerprint density at radius 3 is 2.00 bits per heavy atom. The quantitative estimate of drug-likeness (QED) is 0.468. The molecule has 0 aliphatic rings. The molecule has 0 bridgehead atoms. The van der Waals surface area contributed by atoms with Crippen molar-refractivity contribution in [1.29, 1.82) is 0 Å². The molecule has 0 aromatic rings. The molecular weight excluding hydrogens is 156 g/mol. The monoisotopic (exact) mass is 166 g/mol. The van der Waals surface area contributed by atoms with Gasteiger partial charge in [-0.05, 0) is 6.42 Å². The molecule has 5 heteroatoms. The average molecular weight is 166 g/mol. The van der Waals surface area contributed by atoms with Gasteiger partial charge in [0.15, 0.2) is 0 Å². The molecule has 0 unspecified atom stereocenters. The second-order valence-corrected chi connectivity index (χ2v) is 2.86. The van der Waals surface area contributed by atoms with E-state index in [9.17, 15) is 8.42 Å². The standard InChI is InChI=1S/C3H8O3S.Ca.2H/c1-2-3-7(4,5)6;;;/h2-3H2,1H3,(H,4,5,6);;;/q;+2;2*-1. The van der Waals surface area contributed by atoms with Gasteiger partial charge in [-0.2, -0.15) is 8.42 Å². The summed E-state index contributed by atoms with van der Waals surface area (Å²) < 4.78 is 27.6. The zero-order valence-electron chi connectivity index (χ0n) is 6.79. The van der Waals surface area contributed by atoms with Gasteiger partial charge in [-0.25, -0.2) is 0 Å². The van der Waals surface area contributed by atoms with Crippen LogP contribution >= 0.6 is 0 Å². The van der Waals surface area contributed by atoms with Crippen molar-refractivity contribution in [2.45, 2.75) is 13.3 Å². The van der Waals surface area contributed by atoms with E-state index in [1.165, 1.54) is 0 Å². The van der Waals surface area contributed by atoms with Crippen molar-refractivity contribution in [1.82, 2.24) is 0 Å². The van der Waals surface area contributed by atoms with Crippen molar-refractivity contribution in [2.75, 3.05) is 5.75 Å². The number of hydrogen-bond acceptors (Lipinski definition) is 2. The predicted molar refractivity (Wildman–Crippen MR) is 34.7 cm³/mol. The summed E-state index contributed by atoms with van der Waals surface area (Å²) in [6.45, 7) is 1.69. The summed E-state index contributed by atoms with van der Waals surface area (Å²) in [5, 5.41) is 0. The first-order chi connectivity index (χ1) is 3.06. The minimum Gasteiger partial charge on any atom is -1.00 e. The molecule has 0 saturated carbocycles. The van der Waals surface area contributed by atoms with Gasteiger partial charge in [0, 0.05) is 0 Å². The zero-order chi connectivity index (χ0) is 5.91. The summed E-state index contributed by atoms with van der Waals surface area (Å²) in [5.41, 5.74) is 0. The van der Waals surface area contributed by atoms with Gasteiger partial charge in [0.1, 0.15) is 0 Å². The molecule has 0 amide bonds. The second-order valence-electron chi connectivity index (χ2n) is 1.29. The van der Waals surface area contributed by atoms with Crippen LogP contribution in [-0.2, 0) is 10.1 Å². The van der Waals surface area contributed by atoms with E-state index in [2.05, 4.69) is 0 Å². The number of hydrogen-bond donors (Lipinski definition) is 1. The van der Waals surface area contributed by atoms with Crippen LogP contribution in [0.2, 0.25) is 0 Å². The van der Waals surface area contributed by atoms with Gasteiger partial charge in [-0.3, -0.25) is 4.55 Å². The maximum Gasteiger partial charge on any atom is 2.00 e. The van der Waals surface area contributed by atoms with Crippen LogP contribution in [0.4, 0.5) is 0 Å². The topological polar surface area (TPSA) is 54.4 Å². The molecule has 0 fully saturated rings. The van der Waals surface area contributed by atoms with Crippen molar-refractivity contribution in [3.8, 4) is 0 Å². The molecule has 1 N–H and O–H groups in total. The van der Waals surface area contributed by atoms with Gasteiger partial charge in [-0.1, -0.05) is 6.92 Å². The van der Waals surface area contributed by atoms with Crippen molar-refractivity contribution in [2.24, 2.45) is 0 Å². The Morgan fingerprint density at radius 2 is 2.00 bits per heavy atom. The molecule has 0 heterocycles. The summed E-state index contributed by atoms with van der Waals surface area (Å²) in [4.78, 5) is 0. The first-order valence-electron chi connectivity index (χ1n) is 2.01. The molecule has 0 aliphatic carbocycles. The third-order valence-electron chi connectivity index (χ3n) is 0.462. The second kappa shape index (κ2) is 4.99. The third-order valence-corrected chi connectivity index (χ3v) is 1.39. The Kier molecular flexibility index (Phi) is 7.43. The van der Waals surface area contributed by atoms with Gasteiger partial charge < -0.3 is 2.85 Å². The Labute approximate surface area is 82.2 Å². The van der Waals surface area contributed by atoms with E-state index in [1.54, 1.807) is 6.92 Å². The van der Waals surface area contributed by atoms with Crippen LogP contribution in [0.5, 0.6) is 0 Å². The van der Waals surface area contributed by atoms with Gasteiger partial charge in [0.25, 0.3) is 10.1 Å². The molecule has 0 aromatic carbocycles. The Hall–Kier alpha value is 1.17. The first-order valence-corrected chi connectivity index (χ1v) is 3.62. The van der Waals surface area contributed by atoms with Crippen molar-refractivity contribution < 1.29 is 15.8 Å². The van der Waals surface area contributed by atoms with Crippen LogP contribution in [-0.4, -0.2) is 56.5 Å². The molecular formula is C3H10CaO3S. The Morgan fingerprint density at radius 1 is 1.62 bits per heavy atom. The van der Waals surface area contributed by atoms with Crippen molar-refractivity contribution in [3.63, 3.8) is 0 Å². The van der Waals surface area contributed by atoms with E-state index in [1.807, 2.05) is 0 Å². The smallest absolute Gasteiger partial charge is 1.00 e. The molecule has 0 spiro atoms. The Balaban J connectivity index is -0.0000000600. The molecule has 0 aliphatic heterocycles. The van der Waals surface area contributed by atoms with Crippen LogP contribution in [0.3, 0.4) is 0 Å². The van der Waals surface area contributed by atoms with Crippen LogP contribution in [0.25, 0.3) is 0 Å². The maximum absolute atomic E-state index is 9.79. The van der Waals surface area contributed by atoms with E-state index >= 15 is 0 Å². The number of rotatable bonds is 2. The van der Waals surface area contributed by atoms with Crippen molar-refractivity contribution in [3.05, 3.63) is 0 Å². The van der Waals surface area contributed by atoms with Gasteiger partial charge in [0.2, 0.25) is 0 Å². The van der Waals surface area contributed by atoms with E-state index < -0.39 is 10.1 Å². The molecule has 0 aromatic heterocycles. The normalized spacial score (nSPS) is 10.2. The molecule has 8 heavy (non-hydrogen) atoms.